The van der Waals surface area contributed by atoms with Crippen molar-refractivity contribution in [1.82, 2.24) is 9.88 Å². The summed E-state index contributed by atoms with van der Waals surface area (Å²) in [5.74, 6) is 2.37. The molecule has 1 aromatic heterocycles. The summed E-state index contributed by atoms with van der Waals surface area (Å²) < 4.78 is 6.11. The second kappa shape index (κ2) is 7.02. The molecule has 1 aromatic carbocycles. The van der Waals surface area contributed by atoms with Gasteiger partial charge in [0.1, 0.15) is 17.6 Å². The van der Waals surface area contributed by atoms with Crippen LogP contribution in [0.1, 0.15) is 24.6 Å². The van der Waals surface area contributed by atoms with Crippen molar-refractivity contribution in [3.63, 3.8) is 0 Å². The predicted molar refractivity (Wildman–Crippen MR) is 94.4 cm³/mol. The molecule has 2 aromatic rings. The van der Waals surface area contributed by atoms with Crippen molar-refractivity contribution in [3.8, 4) is 11.5 Å². The molecule has 2 N–H and O–H groups in total. The molecule has 1 aliphatic carbocycles. The summed E-state index contributed by atoms with van der Waals surface area (Å²) in [5.41, 5.74) is 0.611. The number of aromatic hydroxyl groups is 1. The van der Waals surface area contributed by atoms with Gasteiger partial charge in [-0.2, -0.15) is 0 Å². The van der Waals surface area contributed by atoms with Crippen LogP contribution in [0, 0.1) is 11.8 Å². The third-order valence-corrected chi connectivity index (χ3v) is 5.37. The lowest BCUT2D eigenvalue weighted by atomic mass is 10.0. The van der Waals surface area contributed by atoms with Crippen LogP contribution in [0.5, 0.6) is 11.5 Å². The minimum Gasteiger partial charge on any atom is -0.506 e. The van der Waals surface area contributed by atoms with Crippen molar-refractivity contribution in [3.05, 3.63) is 54.4 Å². The lowest BCUT2D eigenvalue weighted by Gasteiger charge is -2.22. The quantitative estimate of drug-likeness (QED) is 0.876. The van der Waals surface area contributed by atoms with Crippen molar-refractivity contribution in [2.24, 2.45) is 11.8 Å². The Morgan fingerprint density at radius 1 is 1.08 bits per heavy atom. The van der Waals surface area contributed by atoms with Crippen LogP contribution in [0.15, 0.2) is 48.7 Å². The number of aromatic nitrogens is 1. The molecule has 0 spiro atoms. The normalized spacial score (nSPS) is 27.2. The SMILES string of the molecule is Oc1ccc([C@@H](O)CN2C[C@H]3CC(Oc4ccccc4)C[C@H]3C2)nc1. The van der Waals surface area contributed by atoms with E-state index in [9.17, 15) is 10.2 Å². The Morgan fingerprint density at radius 2 is 1.80 bits per heavy atom. The van der Waals surface area contributed by atoms with Crippen LogP contribution in [0.4, 0.5) is 0 Å². The van der Waals surface area contributed by atoms with Gasteiger partial charge in [0, 0.05) is 19.6 Å². The summed E-state index contributed by atoms with van der Waals surface area (Å²) in [6.45, 7) is 2.61. The topological polar surface area (TPSA) is 65.8 Å². The van der Waals surface area contributed by atoms with Gasteiger partial charge in [-0.3, -0.25) is 9.88 Å². The summed E-state index contributed by atoms with van der Waals surface area (Å²) in [6.07, 6.45) is 3.25. The van der Waals surface area contributed by atoms with Crippen LogP contribution in [0.25, 0.3) is 0 Å². The highest BCUT2D eigenvalue weighted by molar-refractivity contribution is 5.22. The van der Waals surface area contributed by atoms with E-state index in [1.165, 1.54) is 6.20 Å². The molecule has 4 atom stereocenters. The van der Waals surface area contributed by atoms with Gasteiger partial charge in [0.25, 0.3) is 0 Å². The molecule has 0 bridgehead atoms. The summed E-state index contributed by atoms with van der Waals surface area (Å²) in [6, 6.07) is 13.3. The molecule has 5 heteroatoms. The summed E-state index contributed by atoms with van der Waals surface area (Å²) in [4.78, 5) is 6.43. The summed E-state index contributed by atoms with van der Waals surface area (Å²) >= 11 is 0. The van der Waals surface area contributed by atoms with Gasteiger partial charge >= 0.3 is 0 Å². The second-order valence-electron chi connectivity index (χ2n) is 7.22. The van der Waals surface area contributed by atoms with Gasteiger partial charge in [-0.25, -0.2) is 0 Å². The fourth-order valence-electron chi connectivity index (χ4n) is 4.21. The number of hydrogen-bond donors (Lipinski definition) is 2. The number of aliphatic hydroxyl groups is 1. The number of rotatable bonds is 5. The zero-order chi connectivity index (χ0) is 17.2. The molecule has 2 fully saturated rings. The number of ether oxygens (including phenoxy) is 1. The molecule has 1 saturated carbocycles. The van der Waals surface area contributed by atoms with Crippen LogP contribution in [-0.2, 0) is 0 Å². The summed E-state index contributed by atoms with van der Waals surface area (Å²) in [7, 11) is 0. The number of hydrogen-bond acceptors (Lipinski definition) is 5. The Morgan fingerprint density at radius 3 is 2.44 bits per heavy atom. The molecule has 5 nitrogen and oxygen atoms in total. The molecule has 4 rings (SSSR count). The van der Waals surface area contributed by atoms with Gasteiger partial charge in [-0.1, -0.05) is 18.2 Å². The maximum Gasteiger partial charge on any atom is 0.133 e. The van der Waals surface area contributed by atoms with E-state index in [4.69, 9.17) is 4.74 Å². The number of β-amino-alcohol motifs (C(OH)–C–C–N with tert-alkyl or cyclic N) is 1. The van der Waals surface area contributed by atoms with Crippen molar-refractivity contribution >= 4 is 0 Å². The zero-order valence-electron chi connectivity index (χ0n) is 14.2. The van der Waals surface area contributed by atoms with Gasteiger partial charge in [-0.05, 0) is 48.9 Å². The number of pyridine rings is 1. The standard InChI is InChI=1S/C20H24N2O3/c23-16-6-7-19(21-10-16)20(24)13-22-11-14-8-18(9-15(14)12-22)25-17-4-2-1-3-5-17/h1-7,10,14-15,18,20,23-24H,8-9,11-13H2/t14-,15+,18?,20-/m0/s1. The Kier molecular flexibility index (Phi) is 4.59. The Hall–Kier alpha value is -2.11. The van der Waals surface area contributed by atoms with Crippen LogP contribution in [0.2, 0.25) is 0 Å². The maximum atomic E-state index is 10.4. The molecule has 0 amide bonds. The van der Waals surface area contributed by atoms with E-state index in [2.05, 4.69) is 9.88 Å². The van der Waals surface area contributed by atoms with E-state index in [0.29, 0.717) is 30.2 Å². The van der Waals surface area contributed by atoms with Crippen molar-refractivity contribution in [1.29, 1.82) is 0 Å². The smallest absolute Gasteiger partial charge is 0.133 e. The largest absolute Gasteiger partial charge is 0.506 e. The molecule has 25 heavy (non-hydrogen) atoms. The Balaban J connectivity index is 1.28. The number of benzene rings is 1. The van der Waals surface area contributed by atoms with Gasteiger partial charge in [0.15, 0.2) is 0 Å². The number of para-hydroxylation sites is 1. The number of fused-ring (bicyclic) bond motifs is 1. The van der Waals surface area contributed by atoms with E-state index >= 15 is 0 Å². The highest BCUT2D eigenvalue weighted by Gasteiger charge is 2.42. The van der Waals surface area contributed by atoms with E-state index in [-0.39, 0.29) is 5.75 Å². The predicted octanol–water partition coefficient (Wildman–Crippen LogP) is 2.61. The molecule has 1 saturated heterocycles. The Bertz CT molecular complexity index is 678. The van der Waals surface area contributed by atoms with Crippen molar-refractivity contribution < 1.29 is 14.9 Å². The van der Waals surface area contributed by atoms with Gasteiger partial charge < -0.3 is 14.9 Å². The number of likely N-dealkylation sites (tertiary alicyclic amines) is 1. The minimum atomic E-state index is -0.615. The van der Waals surface area contributed by atoms with E-state index in [1.807, 2.05) is 30.3 Å². The lowest BCUT2D eigenvalue weighted by Crippen LogP contribution is -2.29. The van der Waals surface area contributed by atoms with E-state index in [1.54, 1.807) is 12.1 Å². The number of nitrogens with zero attached hydrogens (tertiary/aromatic N) is 2. The second-order valence-corrected chi connectivity index (χ2v) is 7.22. The average molecular weight is 340 g/mol. The average Bonchev–Trinajstić information content (AvgIpc) is 3.14. The first-order valence-corrected chi connectivity index (χ1v) is 8.94. The summed E-state index contributed by atoms with van der Waals surface area (Å²) in [5, 5.41) is 19.7. The van der Waals surface area contributed by atoms with Gasteiger partial charge in [0.05, 0.1) is 18.0 Å². The molecule has 1 aliphatic heterocycles. The maximum absolute atomic E-state index is 10.4. The first-order valence-electron chi connectivity index (χ1n) is 8.94. The minimum absolute atomic E-state index is 0.121. The highest BCUT2D eigenvalue weighted by atomic mass is 16.5. The molecule has 1 unspecified atom stereocenters. The van der Waals surface area contributed by atoms with Crippen LogP contribution in [0.3, 0.4) is 0 Å². The molecular weight excluding hydrogens is 316 g/mol. The number of aliphatic hydroxyl groups excluding tert-OH is 1. The molecular formula is C20H24N2O3. The van der Waals surface area contributed by atoms with E-state index in [0.717, 1.165) is 31.7 Å². The van der Waals surface area contributed by atoms with Gasteiger partial charge in [0.2, 0.25) is 0 Å². The first kappa shape index (κ1) is 16.4. The van der Waals surface area contributed by atoms with Crippen LogP contribution in [-0.4, -0.2) is 45.8 Å². The molecule has 132 valence electrons. The lowest BCUT2D eigenvalue weighted by molar-refractivity contribution is 0.113. The monoisotopic (exact) mass is 340 g/mol. The van der Waals surface area contributed by atoms with Crippen molar-refractivity contribution in [2.45, 2.75) is 25.0 Å². The third kappa shape index (κ3) is 3.78. The van der Waals surface area contributed by atoms with Crippen LogP contribution >= 0.6 is 0 Å². The fraction of sp³-hybridized carbons (Fsp3) is 0.450. The Labute approximate surface area is 147 Å². The first-order chi connectivity index (χ1) is 12.2. The molecule has 0 radical (unpaired) electrons. The fourth-order valence-corrected chi connectivity index (χ4v) is 4.21. The van der Waals surface area contributed by atoms with Gasteiger partial charge in [-0.15, -0.1) is 0 Å². The van der Waals surface area contributed by atoms with Crippen LogP contribution < -0.4 is 4.74 Å². The zero-order valence-corrected chi connectivity index (χ0v) is 14.2. The highest BCUT2D eigenvalue weighted by Crippen LogP contribution is 2.40. The third-order valence-electron chi connectivity index (χ3n) is 5.37. The molecule has 2 aliphatic rings. The van der Waals surface area contributed by atoms with E-state index < -0.39 is 6.10 Å². The molecule has 2 heterocycles. The van der Waals surface area contributed by atoms with Crippen molar-refractivity contribution in [2.75, 3.05) is 19.6 Å².